The number of carbonyl (C=O) groups excluding carboxylic acids is 1. The molecular weight excluding hydrogens is 362 g/mol. The highest BCUT2D eigenvalue weighted by Crippen LogP contribution is 2.15. The highest BCUT2D eigenvalue weighted by atomic mass is 16.2. The summed E-state index contributed by atoms with van der Waals surface area (Å²) >= 11 is 0. The first-order chi connectivity index (χ1) is 14.1. The number of nitrogens with zero attached hydrogens (tertiary/aromatic N) is 5. The van der Waals surface area contributed by atoms with E-state index in [0.717, 1.165) is 45.0 Å². The summed E-state index contributed by atoms with van der Waals surface area (Å²) in [4.78, 5) is 23.7. The van der Waals surface area contributed by atoms with E-state index in [1.807, 2.05) is 11.0 Å². The SMILES string of the molecule is CCCN(Cc1ccc(C)cc1)C(=O)CN1CCN(c2cc(C#N)ccn2)CC1. The molecule has 0 saturated carbocycles. The number of hydrogen-bond acceptors (Lipinski definition) is 5. The predicted molar refractivity (Wildman–Crippen MR) is 114 cm³/mol. The van der Waals surface area contributed by atoms with Crippen LogP contribution in [0.15, 0.2) is 42.6 Å². The average Bonchev–Trinajstić information content (AvgIpc) is 2.75. The van der Waals surface area contributed by atoms with Crippen LogP contribution >= 0.6 is 0 Å². The lowest BCUT2D eigenvalue weighted by Crippen LogP contribution is -2.50. The van der Waals surface area contributed by atoms with Gasteiger partial charge in [0.25, 0.3) is 0 Å². The first-order valence-corrected chi connectivity index (χ1v) is 10.3. The number of amides is 1. The van der Waals surface area contributed by atoms with Crippen LogP contribution in [0.4, 0.5) is 5.82 Å². The zero-order chi connectivity index (χ0) is 20.6. The molecule has 1 aliphatic rings. The fourth-order valence-electron chi connectivity index (χ4n) is 3.56. The lowest BCUT2D eigenvalue weighted by Gasteiger charge is -2.36. The minimum atomic E-state index is 0.186. The third-order valence-corrected chi connectivity index (χ3v) is 5.27. The molecule has 1 aliphatic heterocycles. The van der Waals surface area contributed by atoms with Gasteiger partial charge in [-0.25, -0.2) is 4.98 Å². The third kappa shape index (κ3) is 5.78. The highest BCUT2D eigenvalue weighted by Gasteiger charge is 2.22. The Morgan fingerprint density at radius 3 is 2.55 bits per heavy atom. The minimum Gasteiger partial charge on any atom is -0.354 e. The topological polar surface area (TPSA) is 63.5 Å². The van der Waals surface area contributed by atoms with E-state index in [9.17, 15) is 4.79 Å². The van der Waals surface area contributed by atoms with Gasteiger partial charge in [-0.2, -0.15) is 5.26 Å². The quantitative estimate of drug-likeness (QED) is 0.726. The van der Waals surface area contributed by atoms with Crippen LogP contribution in [0.2, 0.25) is 0 Å². The van der Waals surface area contributed by atoms with Gasteiger partial charge in [0.2, 0.25) is 5.91 Å². The lowest BCUT2D eigenvalue weighted by atomic mass is 10.1. The number of carbonyl (C=O) groups is 1. The Hall–Kier alpha value is -2.91. The summed E-state index contributed by atoms with van der Waals surface area (Å²) in [5, 5.41) is 9.07. The molecule has 0 unspecified atom stereocenters. The van der Waals surface area contributed by atoms with Crippen LogP contribution in [-0.4, -0.2) is 60.0 Å². The van der Waals surface area contributed by atoms with Gasteiger partial charge in [0.1, 0.15) is 5.82 Å². The first kappa shape index (κ1) is 20.8. The summed E-state index contributed by atoms with van der Waals surface area (Å²) in [5.41, 5.74) is 3.03. The van der Waals surface area contributed by atoms with Crippen molar-refractivity contribution >= 4 is 11.7 Å². The summed E-state index contributed by atoms with van der Waals surface area (Å²) in [6.07, 6.45) is 2.63. The van der Waals surface area contributed by atoms with Crippen LogP contribution in [0.5, 0.6) is 0 Å². The molecule has 0 aliphatic carbocycles. The molecule has 0 atom stereocenters. The van der Waals surface area contributed by atoms with Crippen molar-refractivity contribution in [2.45, 2.75) is 26.8 Å². The number of hydrogen-bond donors (Lipinski definition) is 0. The smallest absolute Gasteiger partial charge is 0.237 e. The molecule has 0 bridgehead atoms. The van der Waals surface area contributed by atoms with Gasteiger partial charge in [-0.3, -0.25) is 9.69 Å². The number of aryl methyl sites for hydroxylation is 1. The van der Waals surface area contributed by atoms with Crippen molar-refractivity contribution < 1.29 is 4.79 Å². The van der Waals surface area contributed by atoms with E-state index < -0.39 is 0 Å². The molecule has 152 valence electrons. The van der Waals surface area contributed by atoms with Crippen LogP contribution in [-0.2, 0) is 11.3 Å². The molecule has 1 aromatic heterocycles. The largest absolute Gasteiger partial charge is 0.354 e. The van der Waals surface area contributed by atoms with Crippen molar-refractivity contribution in [2.24, 2.45) is 0 Å². The lowest BCUT2D eigenvalue weighted by molar-refractivity contribution is -0.133. The Morgan fingerprint density at radius 2 is 1.90 bits per heavy atom. The molecule has 2 aromatic rings. The Kier molecular flexibility index (Phi) is 7.20. The van der Waals surface area contributed by atoms with Crippen LogP contribution < -0.4 is 4.90 Å². The number of benzene rings is 1. The molecule has 1 saturated heterocycles. The summed E-state index contributed by atoms with van der Waals surface area (Å²) in [5.74, 6) is 1.02. The first-order valence-electron chi connectivity index (χ1n) is 10.3. The Bertz CT molecular complexity index is 850. The van der Waals surface area contributed by atoms with Crippen LogP contribution in [0.25, 0.3) is 0 Å². The van der Waals surface area contributed by atoms with Crippen molar-refractivity contribution in [3.8, 4) is 6.07 Å². The molecular formula is C23H29N5O. The maximum atomic E-state index is 12.9. The molecule has 1 fully saturated rings. The van der Waals surface area contributed by atoms with E-state index in [2.05, 4.69) is 59.0 Å². The Balaban J connectivity index is 1.54. The monoisotopic (exact) mass is 391 g/mol. The normalized spacial score (nSPS) is 14.4. The van der Waals surface area contributed by atoms with Crippen LogP contribution in [0, 0.1) is 18.3 Å². The molecule has 1 aromatic carbocycles. The minimum absolute atomic E-state index is 0.186. The molecule has 0 N–H and O–H groups in total. The second-order valence-corrected chi connectivity index (χ2v) is 7.58. The van der Waals surface area contributed by atoms with Gasteiger partial charge < -0.3 is 9.80 Å². The van der Waals surface area contributed by atoms with Crippen molar-refractivity contribution in [2.75, 3.05) is 44.2 Å². The molecule has 1 amide bonds. The van der Waals surface area contributed by atoms with E-state index in [4.69, 9.17) is 5.26 Å². The van der Waals surface area contributed by atoms with Gasteiger partial charge in [0.05, 0.1) is 18.2 Å². The standard InChI is InChI=1S/C23H29N5O/c1-3-10-28(17-20-6-4-19(2)5-7-20)23(29)18-26-11-13-27(14-12-26)22-15-21(16-24)8-9-25-22/h4-9,15H,3,10-14,17-18H2,1-2H3. The predicted octanol–water partition coefficient (Wildman–Crippen LogP) is 2.82. The average molecular weight is 392 g/mol. The molecule has 29 heavy (non-hydrogen) atoms. The number of nitriles is 1. The number of piperazine rings is 1. The zero-order valence-corrected chi connectivity index (χ0v) is 17.3. The van der Waals surface area contributed by atoms with Gasteiger partial charge in [-0.15, -0.1) is 0 Å². The number of anilines is 1. The number of rotatable bonds is 7. The number of pyridine rings is 1. The van der Waals surface area contributed by atoms with E-state index in [-0.39, 0.29) is 5.91 Å². The maximum Gasteiger partial charge on any atom is 0.237 e. The van der Waals surface area contributed by atoms with Gasteiger partial charge in [0, 0.05) is 45.5 Å². The summed E-state index contributed by atoms with van der Waals surface area (Å²) in [6.45, 7) is 9.31. The van der Waals surface area contributed by atoms with Crippen molar-refractivity contribution in [1.29, 1.82) is 5.26 Å². The Labute approximate surface area is 173 Å². The van der Waals surface area contributed by atoms with Gasteiger partial charge in [-0.05, 0) is 31.0 Å². The maximum absolute atomic E-state index is 12.9. The highest BCUT2D eigenvalue weighted by molar-refractivity contribution is 5.78. The fraction of sp³-hybridized carbons (Fsp3) is 0.435. The third-order valence-electron chi connectivity index (χ3n) is 5.27. The van der Waals surface area contributed by atoms with Gasteiger partial charge >= 0.3 is 0 Å². The van der Waals surface area contributed by atoms with E-state index in [1.165, 1.54) is 11.1 Å². The second kappa shape index (κ2) is 10.0. The van der Waals surface area contributed by atoms with E-state index >= 15 is 0 Å². The van der Waals surface area contributed by atoms with Crippen molar-refractivity contribution in [1.82, 2.24) is 14.8 Å². The summed E-state index contributed by atoms with van der Waals surface area (Å²) < 4.78 is 0. The van der Waals surface area contributed by atoms with E-state index in [1.54, 1.807) is 12.3 Å². The van der Waals surface area contributed by atoms with Gasteiger partial charge in [0.15, 0.2) is 0 Å². The van der Waals surface area contributed by atoms with Gasteiger partial charge in [-0.1, -0.05) is 36.8 Å². The van der Waals surface area contributed by atoms with Crippen LogP contribution in [0.1, 0.15) is 30.0 Å². The van der Waals surface area contributed by atoms with Crippen LogP contribution in [0.3, 0.4) is 0 Å². The second-order valence-electron chi connectivity index (χ2n) is 7.58. The summed E-state index contributed by atoms with van der Waals surface area (Å²) in [7, 11) is 0. The molecule has 2 heterocycles. The zero-order valence-electron chi connectivity index (χ0n) is 17.3. The van der Waals surface area contributed by atoms with Crippen molar-refractivity contribution in [3.63, 3.8) is 0 Å². The Morgan fingerprint density at radius 1 is 1.17 bits per heavy atom. The molecule has 3 rings (SSSR count). The molecule has 6 nitrogen and oxygen atoms in total. The fourth-order valence-corrected chi connectivity index (χ4v) is 3.56. The molecule has 6 heteroatoms. The number of aromatic nitrogens is 1. The molecule has 0 radical (unpaired) electrons. The van der Waals surface area contributed by atoms with Crippen molar-refractivity contribution in [3.05, 3.63) is 59.3 Å². The summed E-state index contributed by atoms with van der Waals surface area (Å²) in [6, 6.07) is 14.1. The molecule has 0 spiro atoms. The van der Waals surface area contributed by atoms with E-state index in [0.29, 0.717) is 18.7 Å².